The van der Waals surface area contributed by atoms with Gasteiger partial charge in [-0.1, -0.05) is 42.5 Å². The van der Waals surface area contributed by atoms with E-state index in [9.17, 15) is 17.8 Å². The highest BCUT2D eigenvalue weighted by atomic mass is 32.2. The molecule has 0 saturated carbocycles. The van der Waals surface area contributed by atoms with Gasteiger partial charge in [-0.2, -0.15) is 8.42 Å². The minimum atomic E-state index is -4.40. The van der Waals surface area contributed by atoms with Gasteiger partial charge in [0, 0.05) is 5.56 Å². The van der Waals surface area contributed by atoms with Gasteiger partial charge in [0.05, 0.1) is 7.11 Å². The molecule has 0 fully saturated rings. The van der Waals surface area contributed by atoms with E-state index < -0.39 is 10.1 Å². The van der Waals surface area contributed by atoms with Crippen LogP contribution in [-0.2, 0) is 10.1 Å². The van der Waals surface area contributed by atoms with Crippen LogP contribution in [0.2, 0.25) is 0 Å². The largest absolute Gasteiger partial charge is 0.495 e. The molecule has 0 saturated heterocycles. The Morgan fingerprint density at radius 2 is 1.82 bits per heavy atom. The molecule has 2 aromatic rings. The molecule has 1 N–H and O–H groups in total. The van der Waals surface area contributed by atoms with Crippen LogP contribution in [0.5, 0.6) is 5.75 Å². The van der Waals surface area contributed by atoms with Crippen LogP contribution < -0.4 is 4.74 Å². The smallest absolute Gasteiger partial charge is 0.298 e. The van der Waals surface area contributed by atoms with E-state index in [1.165, 1.54) is 31.4 Å². The van der Waals surface area contributed by atoms with Crippen molar-refractivity contribution in [1.29, 1.82) is 0 Å². The summed E-state index contributed by atoms with van der Waals surface area (Å²) in [6, 6.07) is 12.9. The molecule has 2 rings (SSSR count). The zero-order valence-corrected chi connectivity index (χ0v) is 12.6. The number of allylic oxidation sites excluding steroid dienone is 1. The summed E-state index contributed by atoms with van der Waals surface area (Å²) in [5.74, 6) is -0.168. The van der Waals surface area contributed by atoms with Crippen molar-refractivity contribution in [2.24, 2.45) is 0 Å². The van der Waals surface area contributed by atoms with Gasteiger partial charge in [0.25, 0.3) is 10.1 Å². The van der Waals surface area contributed by atoms with E-state index >= 15 is 0 Å². The average Bonchev–Trinajstić information content (AvgIpc) is 2.52. The molecule has 6 heteroatoms. The van der Waals surface area contributed by atoms with Gasteiger partial charge in [0.1, 0.15) is 10.6 Å². The molecule has 0 aliphatic carbocycles. The molecular formula is C16H14O5S. The first kappa shape index (κ1) is 15.9. The van der Waals surface area contributed by atoms with E-state index in [1.54, 1.807) is 30.3 Å². The van der Waals surface area contributed by atoms with Crippen molar-refractivity contribution in [3.8, 4) is 5.75 Å². The van der Waals surface area contributed by atoms with Gasteiger partial charge in [-0.3, -0.25) is 9.35 Å². The molecule has 0 spiro atoms. The third-order valence-corrected chi connectivity index (χ3v) is 3.83. The lowest BCUT2D eigenvalue weighted by atomic mass is 10.1. The second-order valence-corrected chi connectivity index (χ2v) is 5.84. The van der Waals surface area contributed by atoms with Crippen molar-refractivity contribution < 1.29 is 22.5 Å². The number of carbonyl (C=O) groups excluding carboxylic acids is 1. The zero-order chi connectivity index (χ0) is 16.2. The fraction of sp³-hybridized carbons (Fsp3) is 0.0625. The molecule has 114 valence electrons. The number of hydrogen-bond acceptors (Lipinski definition) is 4. The third-order valence-electron chi connectivity index (χ3n) is 2.95. The van der Waals surface area contributed by atoms with E-state index in [0.717, 1.165) is 0 Å². The number of benzene rings is 2. The molecule has 0 radical (unpaired) electrons. The van der Waals surface area contributed by atoms with Gasteiger partial charge >= 0.3 is 0 Å². The van der Waals surface area contributed by atoms with Crippen molar-refractivity contribution in [1.82, 2.24) is 0 Å². The molecule has 0 amide bonds. The van der Waals surface area contributed by atoms with Gasteiger partial charge < -0.3 is 4.74 Å². The minimum absolute atomic E-state index is 0.0361. The third kappa shape index (κ3) is 3.81. The second-order valence-electron chi connectivity index (χ2n) is 4.45. The van der Waals surface area contributed by atoms with Gasteiger partial charge in [-0.25, -0.2) is 0 Å². The fourth-order valence-electron chi connectivity index (χ4n) is 1.87. The predicted molar refractivity (Wildman–Crippen MR) is 82.6 cm³/mol. The highest BCUT2D eigenvalue weighted by Gasteiger charge is 2.16. The molecule has 0 unspecified atom stereocenters. The Morgan fingerprint density at radius 1 is 1.14 bits per heavy atom. The van der Waals surface area contributed by atoms with Crippen LogP contribution >= 0.6 is 0 Å². The Morgan fingerprint density at radius 3 is 2.41 bits per heavy atom. The van der Waals surface area contributed by atoms with Crippen molar-refractivity contribution in [3.05, 3.63) is 65.7 Å². The molecule has 0 atom stereocenters. The summed E-state index contributed by atoms with van der Waals surface area (Å²) < 4.78 is 36.7. The summed E-state index contributed by atoms with van der Waals surface area (Å²) in [7, 11) is -3.10. The first-order chi connectivity index (χ1) is 10.4. The summed E-state index contributed by atoms with van der Waals surface area (Å²) in [5.41, 5.74) is 0.986. The van der Waals surface area contributed by atoms with Crippen LogP contribution in [0.15, 0.2) is 59.5 Å². The molecule has 22 heavy (non-hydrogen) atoms. The van der Waals surface area contributed by atoms with E-state index in [-0.39, 0.29) is 16.4 Å². The molecule has 0 aliphatic rings. The normalized spacial score (nSPS) is 11.5. The van der Waals surface area contributed by atoms with Crippen molar-refractivity contribution in [2.45, 2.75) is 4.90 Å². The Hall–Kier alpha value is -2.44. The van der Waals surface area contributed by atoms with Crippen molar-refractivity contribution in [3.63, 3.8) is 0 Å². The van der Waals surface area contributed by atoms with E-state index in [2.05, 4.69) is 0 Å². The Kier molecular flexibility index (Phi) is 4.75. The van der Waals surface area contributed by atoms with Crippen LogP contribution in [0.3, 0.4) is 0 Å². The molecule has 0 aromatic heterocycles. The van der Waals surface area contributed by atoms with Gasteiger partial charge in [0.2, 0.25) is 0 Å². The molecule has 0 aliphatic heterocycles. The summed E-state index contributed by atoms with van der Waals surface area (Å²) in [6.07, 6.45) is 2.81. The van der Waals surface area contributed by atoms with Gasteiger partial charge in [-0.15, -0.1) is 0 Å². The summed E-state index contributed by atoms with van der Waals surface area (Å²) >= 11 is 0. The van der Waals surface area contributed by atoms with E-state index in [0.29, 0.717) is 11.1 Å². The maximum Gasteiger partial charge on any atom is 0.298 e. The van der Waals surface area contributed by atoms with Crippen LogP contribution in [-0.4, -0.2) is 25.9 Å². The molecular weight excluding hydrogens is 304 g/mol. The number of methoxy groups -OCH3 is 1. The SMILES string of the molecule is COc1ccc(C=CC(=O)c2ccccc2)cc1S(=O)(=O)O. The number of rotatable bonds is 5. The van der Waals surface area contributed by atoms with E-state index in [1.807, 2.05) is 6.07 Å². The summed E-state index contributed by atoms with van der Waals surface area (Å²) in [5, 5.41) is 0. The van der Waals surface area contributed by atoms with Crippen LogP contribution in [0.25, 0.3) is 6.08 Å². The number of ether oxygens (including phenoxy) is 1. The maximum atomic E-state index is 11.9. The summed E-state index contributed by atoms with van der Waals surface area (Å²) in [4.78, 5) is 11.6. The van der Waals surface area contributed by atoms with Crippen molar-refractivity contribution >= 4 is 22.0 Å². The summed E-state index contributed by atoms with van der Waals surface area (Å²) in [6.45, 7) is 0. The first-order valence-electron chi connectivity index (χ1n) is 6.35. The Labute approximate surface area is 128 Å². The quantitative estimate of drug-likeness (QED) is 0.521. The molecule has 5 nitrogen and oxygen atoms in total. The minimum Gasteiger partial charge on any atom is -0.495 e. The monoisotopic (exact) mass is 318 g/mol. The van der Waals surface area contributed by atoms with Gasteiger partial charge in [0.15, 0.2) is 5.78 Å². The Bertz CT molecular complexity index is 808. The van der Waals surface area contributed by atoms with Gasteiger partial charge in [-0.05, 0) is 23.8 Å². The second kappa shape index (κ2) is 6.55. The highest BCUT2D eigenvalue weighted by Crippen LogP contribution is 2.25. The number of ketones is 1. The Balaban J connectivity index is 2.31. The molecule has 0 bridgehead atoms. The van der Waals surface area contributed by atoms with Crippen LogP contribution in [0.4, 0.5) is 0 Å². The van der Waals surface area contributed by atoms with Crippen LogP contribution in [0.1, 0.15) is 15.9 Å². The average molecular weight is 318 g/mol. The van der Waals surface area contributed by atoms with E-state index in [4.69, 9.17) is 4.74 Å². The molecule has 0 heterocycles. The lowest BCUT2D eigenvalue weighted by Crippen LogP contribution is -2.01. The van der Waals surface area contributed by atoms with Crippen LogP contribution in [0, 0.1) is 0 Å². The predicted octanol–water partition coefficient (Wildman–Crippen LogP) is 2.84. The maximum absolute atomic E-state index is 11.9. The highest BCUT2D eigenvalue weighted by molar-refractivity contribution is 7.86. The standard InChI is InChI=1S/C16H14O5S/c1-21-15-10-8-12(11-16(15)22(18,19)20)7-9-14(17)13-5-3-2-4-6-13/h2-11H,1H3,(H,18,19,20). The van der Waals surface area contributed by atoms with Crippen molar-refractivity contribution in [2.75, 3.05) is 7.11 Å². The topological polar surface area (TPSA) is 80.7 Å². The first-order valence-corrected chi connectivity index (χ1v) is 7.79. The number of carbonyl (C=O) groups is 1. The molecule has 2 aromatic carbocycles. The lowest BCUT2D eigenvalue weighted by molar-refractivity contribution is 0.104. The number of hydrogen-bond donors (Lipinski definition) is 1. The lowest BCUT2D eigenvalue weighted by Gasteiger charge is -2.06. The zero-order valence-electron chi connectivity index (χ0n) is 11.8. The fourth-order valence-corrected chi connectivity index (χ4v) is 2.56.